The van der Waals surface area contributed by atoms with Gasteiger partial charge in [-0.05, 0) is 30.7 Å². The zero-order chi connectivity index (χ0) is 20.1. The number of hydrazine groups is 1. The molecule has 2 N–H and O–H groups in total. The Hall–Kier alpha value is -3.86. The van der Waals surface area contributed by atoms with E-state index in [1.54, 1.807) is 6.92 Å². The largest absolute Gasteiger partial charge is 0.462 e. The molecule has 0 spiro atoms. The molecule has 5 nitrogen and oxygen atoms in total. The van der Waals surface area contributed by atoms with E-state index < -0.39 is 5.97 Å². The Morgan fingerprint density at radius 3 is 2.24 bits per heavy atom. The summed E-state index contributed by atoms with van der Waals surface area (Å²) in [5.74, 6) is 0.00632. The van der Waals surface area contributed by atoms with Gasteiger partial charge >= 0.3 is 5.97 Å². The van der Waals surface area contributed by atoms with Crippen LogP contribution in [-0.2, 0) is 4.74 Å². The van der Waals surface area contributed by atoms with Crippen molar-refractivity contribution in [2.24, 2.45) is 0 Å². The predicted octanol–water partition coefficient (Wildman–Crippen LogP) is 5.52. The Bertz CT molecular complexity index is 1130. The number of fused-ring (bicyclic) bond motifs is 1. The van der Waals surface area contributed by atoms with E-state index in [0.29, 0.717) is 11.4 Å². The lowest BCUT2D eigenvalue weighted by Gasteiger charge is -2.18. The summed E-state index contributed by atoms with van der Waals surface area (Å²) in [5, 5.41) is 0.895. The van der Waals surface area contributed by atoms with Crippen LogP contribution in [0.4, 0.5) is 11.5 Å². The van der Waals surface area contributed by atoms with Crippen LogP contribution in [0.2, 0.25) is 0 Å². The van der Waals surface area contributed by atoms with Gasteiger partial charge in [0.25, 0.3) is 0 Å². The summed E-state index contributed by atoms with van der Waals surface area (Å²) in [5.41, 5.74) is 10.0. The lowest BCUT2D eigenvalue weighted by molar-refractivity contribution is 0.0528. The first kappa shape index (κ1) is 18.5. The van der Waals surface area contributed by atoms with E-state index in [9.17, 15) is 4.79 Å². The Labute approximate surface area is 169 Å². The second-order valence-corrected chi connectivity index (χ2v) is 6.43. The van der Waals surface area contributed by atoms with Crippen LogP contribution in [0.25, 0.3) is 22.0 Å². The molecule has 0 bridgehead atoms. The number of carbonyl (C=O) groups is 1. The van der Waals surface area contributed by atoms with Gasteiger partial charge in [-0.15, -0.1) is 0 Å². The van der Waals surface area contributed by atoms with Crippen molar-refractivity contribution >= 4 is 28.4 Å². The number of ether oxygens (including phenoxy) is 1. The molecule has 4 rings (SSSR count). The molecule has 0 aliphatic rings. The van der Waals surface area contributed by atoms with Crippen LogP contribution in [0.5, 0.6) is 0 Å². The van der Waals surface area contributed by atoms with E-state index in [2.05, 4.69) is 10.9 Å². The van der Waals surface area contributed by atoms with Crippen molar-refractivity contribution in [3.05, 3.63) is 90.5 Å². The number of pyridine rings is 1. The molecule has 0 unspecified atom stereocenters. The Balaban J connectivity index is 1.91. The molecule has 0 saturated heterocycles. The van der Waals surface area contributed by atoms with Crippen LogP contribution in [0.3, 0.4) is 0 Å². The lowest BCUT2D eigenvalue weighted by Crippen LogP contribution is -2.17. The van der Waals surface area contributed by atoms with E-state index in [4.69, 9.17) is 9.72 Å². The molecule has 4 aromatic rings. The molecule has 29 heavy (non-hydrogen) atoms. The molecule has 144 valence electrons. The molecule has 1 aromatic heterocycles. The normalized spacial score (nSPS) is 10.5. The fourth-order valence-electron chi connectivity index (χ4n) is 3.26. The van der Waals surface area contributed by atoms with Gasteiger partial charge in [0.1, 0.15) is 5.56 Å². The molecule has 3 aromatic carbocycles. The smallest absolute Gasteiger partial charge is 0.342 e. The van der Waals surface area contributed by atoms with Crippen molar-refractivity contribution in [2.75, 3.05) is 17.5 Å². The quantitative estimate of drug-likeness (QED) is 0.339. The summed E-state index contributed by atoms with van der Waals surface area (Å²) in [7, 11) is 0. The highest BCUT2D eigenvalue weighted by Crippen LogP contribution is 2.35. The third kappa shape index (κ3) is 3.89. The highest BCUT2D eigenvalue weighted by atomic mass is 16.5. The Morgan fingerprint density at radius 1 is 0.862 bits per heavy atom. The van der Waals surface area contributed by atoms with E-state index in [1.807, 2.05) is 84.9 Å². The zero-order valence-corrected chi connectivity index (χ0v) is 16.1. The van der Waals surface area contributed by atoms with Gasteiger partial charge < -0.3 is 4.74 Å². The lowest BCUT2D eigenvalue weighted by atomic mass is 9.95. The SMILES string of the molecule is CCOC(=O)c1c(NNc2ccccc2)nc2ccccc2c1-c1ccccc1. The van der Waals surface area contributed by atoms with Gasteiger partial charge in [-0.2, -0.15) is 0 Å². The van der Waals surface area contributed by atoms with Gasteiger partial charge in [-0.3, -0.25) is 10.9 Å². The van der Waals surface area contributed by atoms with Crippen molar-refractivity contribution in [3.63, 3.8) is 0 Å². The summed E-state index contributed by atoms with van der Waals surface area (Å²) >= 11 is 0. The maximum Gasteiger partial charge on any atom is 0.342 e. The number of nitrogens with zero attached hydrogens (tertiary/aromatic N) is 1. The number of hydrogen-bond acceptors (Lipinski definition) is 5. The summed E-state index contributed by atoms with van der Waals surface area (Å²) in [6, 6.07) is 27.3. The van der Waals surface area contributed by atoms with Crippen LogP contribution in [0.15, 0.2) is 84.9 Å². The van der Waals surface area contributed by atoms with Gasteiger partial charge in [0.15, 0.2) is 5.82 Å². The van der Waals surface area contributed by atoms with Crippen molar-refractivity contribution in [1.82, 2.24) is 4.98 Å². The first-order chi connectivity index (χ1) is 14.3. The molecule has 0 atom stereocenters. The van der Waals surface area contributed by atoms with Crippen molar-refractivity contribution in [2.45, 2.75) is 6.92 Å². The van der Waals surface area contributed by atoms with Crippen LogP contribution in [0.1, 0.15) is 17.3 Å². The van der Waals surface area contributed by atoms with Crippen molar-refractivity contribution in [1.29, 1.82) is 0 Å². The minimum Gasteiger partial charge on any atom is -0.462 e. The monoisotopic (exact) mass is 383 g/mol. The molecule has 1 heterocycles. The van der Waals surface area contributed by atoms with Crippen molar-refractivity contribution in [3.8, 4) is 11.1 Å². The van der Waals surface area contributed by atoms with E-state index in [-0.39, 0.29) is 6.61 Å². The number of esters is 1. The number of anilines is 2. The topological polar surface area (TPSA) is 63.2 Å². The number of aromatic nitrogens is 1. The van der Waals surface area contributed by atoms with E-state index >= 15 is 0 Å². The first-order valence-electron chi connectivity index (χ1n) is 9.50. The van der Waals surface area contributed by atoms with Crippen LogP contribution in [0, 0.1) is 0 Å². The van der Waals surface area contributed by atoms with Gasteiger partial charge in [-0.1, -0.05) is 66.7 Å². The summed E-state index contributed by atoms with van der Waals surface area (Å²) in [4.78, 5) is 17.7. The van der Waals surface area contributed by atoms with Gasteiger partial charge in [-0.25, -0.2) is 9.78 Å². The standard InChI is InChI=1S/C24H21N3O2/c1-2-29-24(28)22-21(17-11-5-3-6-12-17)19-15-9-10-16-20(19)25-23(22)27-26-18-13-7-4-8-14-18/h3-16,26H,2H2,1H3,(H,25,27). The molecular weight excluding hydrogens is 362 g/mol. The minimum atomic E-state index is -0.415. The predicted molar refractivity (Wildman–Crippen MR) is 117 cm³/mol. The van der Waals surface area contributed by atoms with Gasteiger partial charge in [0.05, 0.1) is 17.8 Å². The maximum atomic E-state index is 13.0. The molecule has 0 aliphatic carbocycles. The maximum absolute atomic E-state index is 13.0. The number of carbonyl (C=O) groups excluding carboxylic acids is 1. The number of hydrogen-bond donors (Lipinski definition) is 2. The fourth-order valence-corrected chi connectivity index (χ4v) is 3.26. The molecular formula is C24H21N3O2. The average Bonchev–Trinajstić information content (AvgIpc) is 2.78. The molecule has 0 saturated carbocycles. The fraction of sp³-hybridized carbons (Fsp3) is 0.0833. The zero-order valence-electron chi connectivity index (χ0n) is 16.1. The highest BCUT2D eigenvalue weighted by molar-refractivity contribution is 6.10. The number of nitrogens with one attached hydrogen (secondary N) is 2. The Morgan fingerprint density at radius 2 is 1.52 bits per heavy atom. The van der Waals surface area contributed by atoms with Gasteiger partial charge in [0.2, 0.25) is 0 Å². The molecule has 5 heteroatoms. The van der Waals surface area contributed by atoms with E-state index in [0.717, 1.165) is 27.7 Å². The van der Waals surface area contributed by atoms with Crippen LogP contribution < -0.4 is 10.9 Å². The Kier molecular flexibility index (Phi) is 5.38. The van der Waals surface area contributed by atoms with Crippen LogP contribution in [-0.4, -0.2) is 17.6 Å². The summed E-state index contributed by atoms with van der Waals surface area (Å²) < 4.78 is 5.39. The average molecular weight is 383 g/mol. The summed E-state index contributed by atoms with van der Waals surface area (Å²) in [6.07, 6.45) is 0. The second-order valence-electron chi connectivity index (χ2n) is 6.43. The molecule has 0 radical (unpaired) electrons. The third-order valence-electron chi connectivity index (χ3n) is 4.53. The number of benzene rings is 3. The van der Waals surface area contributed by atoms with Gasteiger partial charge in [0, 0.05) is 10.9 Å². The molecule has 0 amide bonds. The third-order valence-corrected chi connectivity index (χ3v) is 4.53. The number of rotatable bonds is 6. The van der Waals surface area contributed by atoms with E-state index in [1.165, 1.54) is 0 Å². The highest BCUT2D eigenvalue weighted by Gasteiger charge is 2.23. The summed E-state index contributed by atoms with van der Waals surface area (Å²) in [6.45, 7) is 2.08. The van der Waals surface area contributed by atoms with Crippen LogP contribution >= 0.6 is 0 Å². The second kappa shape index (κ2) is 8.44. The van der Waals surface area contributed by atoms with Crippen molar-refractivity contribution < 1.29 is 9.53 Å². The minimum absolute atomic E-state index is 0.283. The molecule has 0 fully saturated rings. The number of para-hydroxylation sites is 2. The first-order valence-corrected chi connectivity index (χ1v) is 9.50. The molecule has 0 aliphatic heterocycles.